The fourth-order valence-corrected chi connectivity index (χ4v) is 2.81. The van der Waals surface area contributed by atoms with E-state index in [0.29, 0.717) is 11.5 Å². The van der Waals surface area contributed by atoms with Crippen LogP contribution in [0.25, 0.3) is 24.3 Å². The fourth-order valence-electron chi connectivity index (χ4n) is 2.81. The molecule has 0 N–H and O–H groups in total. The van der Waals surface area contributed by atoms with Crippen molar-refractivity contribution in [3.8, 4) is 11.5 Å². The van der Waals surface area contributed by atoms with Crippen LogP contribution in [0.2, 0.25) is 0 Å². The average Bonchev–Trinajstić information content (AvgIpc) is 2.72. The van der Waals surface area contributed by atoms with Crippen molar-refractivity contribution in [2.75, 3.05) is 0 Å². The van der Waals surface area contributed by atoms with Gasteiger partial charge in [-0.2, -0.15) is 0 Å². The lowest BCUT2D eigenvalue weighted by molar-refractivity contribution is -0.132. The smallest absolute Gasteiger partial charge is 0.308 e. The first-order chi connectivity index (χ1) is 14.5. The number of hydrogen-bond acceptors (Lipinski definition) is 4. The third-order valence-electron chi connectivity index (χ3n) is 4.19. The number of carbonyl (C=O) groups excluding carboxylic acids is 2. The average molecular weight is 398 g/mol. The molecule has 0 unspecified atom stereocenters. The molecule has 0 saturated carbocycles. The molecule has 0 bridgehead atoms. The van der Waals surface area contributed by atoms with E-state index in [2.05, 4.69) is 0 Å². The molecule has 4 nitrogen and oxygen atoms in total. The molecule has 0 aromatic heterocycles. The first-order valence-electron chi connectivity index (χ1n) is 9.52. The summed E-state index contributed by atoms with van der Waals surface area (Å²) in [4.78, 5) is 22.0. The summed E-state index contributed by atoms with van der Waals surface area (Å²) in [6.45, 7) is 2.76. The van der Waals surface area contributed by atoms with Crippen LogP contribution in [0.5, 0.6) is 11.5 Å². The number of benzene rings is 3. The van der Waals surface area contributed by atoms with E-state index in [1.165, 1.54) is 13.8 Å². The van der Waals surface area contributed by atoms with Gasteiger partial charge in [0.15, 0.2) is 0 Å². The molecular formula is C26H22O4. The number of hydrogen-bond donors (Lipinski definition) is 0. The lowest BCUT2D eigenvalue weighted by atomic mass is 10.0. The van der Waals surface area contributed by atoms with Gasteiger partial charge in [-0.15, -0.1) is 0 Å². The van der Waals surface area contributed by atoms with Gasteiger partial charge in [-0.1, -0.05) is 72.8 Å². The Labute approximate surface area is 176 Å². The molecule has 30 heavy (non-hydrogen) atoms. The van der Waals surface area contributed by atoms with Gasteiger partial charge in [0, 0.05) is 13.8 Å². The largest absolute Gasteiger partial charge is 0.427 e. The Bertz CT molecular complexity index is 986. The molecule has 4 heteroatoms. The van der Waals surface area contributed by atoms with Gasteiger partial charge in [-0.25, -0.2) is 0 Å². The SMILES string of the molecule is CC(=O)Oc1ccc(C=Cc2ccccc2C=Cc2ccc(OC(C)=O)cc2)cc1. The number of carbonyl (C=O) groups is 2. The molecule has 0 atom stereocenters. The lowest BCUT2D eigenvalue weighted by Gasteiger charge is -2.03. The quantitative estimate of drug-likeness (QED) is 0.296. The van der Waals surface area contributed by atoms with Crippen LogP contribution in [-0.2, 0) is 9.59 Å². The molecule has 0 aliphatic rings. The molecule has 3 aromatic rings. The molecule has 0 saturated heterocycles. The van der Waals surface area contributed by atoms with Crippen LogP contribution in [0.4, 0.5) is 0 Å². The summed E-state index contributed by atoms with van der Waals surface area (Å²) in [5.41, 5.74) is 4.17. The minimum atomic E-state index is -0.333. The van der Waals surface area contributed by atoms with Crippen molar-refractivity contribution in [1.82, 2.24) is 0 Å². The van der Waals surface area contributed by atoms with Crippen LogP contribution in [0.15, 0.2) is 72.8 Å². The second-order valence-electron chi connectivity index (χ2n) is 6.62. The molecule has 0 radical (unpaired) electrons. The first-order valence-corrected chi connectivity index (χ1v) is 9.52. The zero-order chi connectivity index (χ0) is 21.3. The zero-order valence-electron chi connectivity index (χ0n) is 16.9. The van der Waals surface area contributed by atoms with Gasteiger partial charge in [0.25, 0.3) is 0 Å². The van der Waals surface area contributed by atoms with E-state index in [4.69, 9.17) is 9.47 Å². The Kier molecular flexibility index (Phi) is 6.95. The van der Waals surface area contributed by atoms with Crippen LogP contribution in [0.1, 0.15) is 36.1 Å². The normalized spacial score (nSPS) is 11.0. The second-order valence-corrected chi connectivity index (χ2v) is 6.62. The number of ether oxygens (including phenoxy) is 2. The van der Waals surface area contributed by atoms with Crippen LogP contribution < -0.4 is 9.47 Å². The van der Waals surface area contributed by atoms with E-state index < -0.39 is 0 Å². The molecular weight excluding hydrogens is 376 g/mol. The number of esters is 2. The van der Waals surface area contributed by atoms with E-state index in [-0.39, 0.29) is 11.9 Å². The molecule has 150 valence electrons. The summed E-state index contributed by atoms with van der Waals surface area (Å²) in [6.07, 6.45) is 8.12. The maximum Gasteiger partial charge on any atom is 0.308 e. The van der Waals surface area contributed by atoms with Crippen molar-refractivity contribution < 1.29 is 19.1 Å². The lowest BCUT2D eigenvalue weighted by Crippen LogP contribution is -2.00. The Hall–Kier alpha value is -3.92. The fraction of sp³-hybridized carbons (Fsp3) is 0.0769. The highest BCUT2D eigenvalue weighted by atomic mass is 16.5. The zero-order valence-corrected chi connectivity index (χ0v) is 16.9. The predicted octanol–water partition coefficient (Wildman–Crippen LogP) is 5.88. The first kappa shape index (κ1) is 20.8. The summed E-state index contributed by atoms with van der Waals surface area (Å²) in [5.74, 6) is 0.394. The third-order valence-corrected chi connectivity index (χ3v) is 4.19. The van der Waals surface area contributed by atoms with E-state index in [9.17, 15) is 9.59 Å². The molecule has 3 aromatic carbocycles. The van der Waals surface area contributed by atoms with E-state index in [1.54, 1.807) is 24.3 Å². The third kappa shape index (κ3) is 6.31. The highest BCUT2D eigenvalue weighted by molar-refractivity contribution is 5.79. The summed E-state index contributed by atoms with van der Waals surface area (Å²) in [7, 11) is 0. The van der Waals surface area contributed by atoms with E-state index in [1.807, 2.05) is 72.8 Å². The van der Waals surface area contributed by atoms with Crippen LogP contribution in [-0.4, -0.2) is 11.9 Å². The van der Waals surface area contributed by atoms with Gasteiger partial charge in [0.2, 0.25) is 0 Å². The standard InChI is InChI=1S/C26H22O4/c1-19(27)29-25-15-9-21(10-16-25)7-13-23-5-3-4-6-24(23)14-8-22-11-17-26(18-12-22)30-20(2)28/h3-18H,1-2H3. The van der Waals surface area contributed by atoms with E-state index in [0.717, 1.165) is 22.3 Å². The van der Waals surface area contributed by atoms with Crippen molar-refractivity contribution in [3.63, 3.8) is 0 Å². The Morgan fingerprint density at radius 3 is 1.27 bits per heavy atom. The highest BCUT2D eigenvalue weighted by Crippen LogP contribution is 2.19. The molecule has 0 aliphatic heterocycles. The maximum absolute atomic E-state index is 11.0. The monoisotopic (exact) mass is 398 g/mol. The van der Waals surface area contributed by atoms with Gasteiger partial charge in [-0.05, 0) is 46.5 Å². The minimum absolute atomic E-state index is 0.333. The summed E-state index contributed by atoms with van der Waals surface area (Å²) < 4.78 is 10.1. The van der Waals surface area contributed by atoms with E-state index >= 15 is 0 Å². The molecule has 0 spiro atoms. The minimum Gasteiger partial charge on any atom is -0.427 e. The summed E-state index contributed by atoms with van der Waals surface area (Å²) in [5, 5.41) is 0. The molecule has 3 rings (SSSR count). The van der Waals surface area contributed by atoms with Crippen molar-refractivity contribution in [1.29, 1.82) is 0 Å². The van der Waals surface area contributed by atoms with Gasteiger partial charge in [0.05, 0.1) is 0 Å². The van der Waals surface area contributed by atoms with Crippen LogP contribution >= 0.6 is 0 Å². The van der Waals surface area contributed by atoms with Gasteiger partial charge < -0.3 is 9.47 Å². The molecule has 0 heterocycles. The summed E-state index contributed by atoms with van der Waals surface area (Å²) >= 11 is 0. The Balaban J connectivity index is 1.72. The van der Waals surface area contributed by atoms with Crippen LogP contribution in [0, 0.1) is 0 Å². The predicted molar refractivity (Wildman–Crippen MR) is 120 cm³/mol. The van der Waals surface area contributed by atoms with Crippen molar-refractivity contribution in [2.45, 2.75) is 13.8 Å². The molecule has 0 amide bonds. The maximum atomic E-state index is 11.0. The van der Waals surface area contributed by atoms with Crippen molar-refractivity contribution in [3.05, 3.63) is 95.1 Å². The molecule has 0 aliphatic carbocycles. The Morgan fingerprint density at radius 1 is 0.567 bits per heavy atom. The molecule has 0 fully saturated rings. The topological polar surface area (TPSA) is 52.6 Å². The summed E-state index contributed by atoms with van der Waals surface area (Å²) in [6, 6.07) is 22.8. The highest BCUT2D eigenvalue weighted by Gasteiger charge is 1.99. The van der Waals surface area contributed by atoms with Gasteiger partial charge in [-0.3, -0.25) is 9.59 Å². The van der Waals surface area contributed by atoms with Crippen molar-refractivity contribution in [2.24, 2.45) is 0 Å². The van der Waals surface area contributed by atoms with Crippen LogP contribution in [0.3, 0.4) is 0 Å². The second kappa shape index (κ2) is 10.0. The number of rotatable bonds is 6. The van der Waals surface area contributed by atoms with Gasteiger partial charge in [0.1, 0.15) is 11.5 Å². The van der Waals surface area contributed by atoms with Gasteiger partial charge >= 0.3 is 11.9 Å². The van der Waals surface area contributed by atoms with Crippen molar-refractivity contribution >= 4 is 36.2 Å². The Morgan fingerprint density at radius 2 is 0.933 bits per heavy atom.